The molecular formula is C10H14BrNOS. The molecule has 0 saturated heterocycles. The lowest BCUT2D eigenvalue weighted by atomic mass is 9.95. The number of aliphatic hydroxyl groups is 1. The maximum absolute atomic E-state index is 10.5. The monoisotopic (exact) mass is 275 g/mol. The van der Waals surface area contributed by atoms with Gasteiger partial charge in [-0.05, 0) is 28.8 Å². The summed E-state index contributed by atoms with van der Waals surface area (Å²) in [5, 5.41) is 13.3. The zero-order chi connectivity index (χ0) is 10.0. The molecule has 0 atom stereocenters. The minimum atomic E-state index is -0.646. The van der Waals surface area contributed by atoms with Crippen LogP contribution >= 0.6 is 27.3 Å². The number of rotatable bonds is 1. The summed E-state index contributed by atoms with van der Waals surface area (Å²) < 4.78 is 0.843. The lowest BCUT2D eigenvalue weighted by molar-refractivity contribution is 0.0204. The Morgan fingerprint density at radius 1 is 1.29 bits per heavy atom. The first-order chi connectivity index (χ1) is 6.71. The normalized spacial score (nSPS) is 21.9. The predicted octanol–water partition coefficient (Wildman–Crippen LogP) is 3.45. The lowest BCUT2D eigenvalue weighted by Gasteiger charge is -2.23. The van der Waals surface area contributed by atoms with Gasteiger partial charge >= 0.3 is 0 Å². The van der Waals surface area contributed by atoms with E-state index in [0.717, 1.165) is 35.3 Å². The molecule has 78 valence electrons. The van der Waals surface area contributed by atoms with Gasteiger partial charge in [0, 0.05) is 5.38 Å². The summed E-state index contributed by atoms with van der Waals surface area (Å²) in [6.45, 7) is 0. The second-order valence-electron chi connectivity index (χ2n) is 3.92. The topological polar surface area (TPSA) is 33.1 Å². The highest BCUT2D eigenvalue weighted by molar-refractivity contribution is 9.10. The lowest BCUT2D eigenvalue weighted by Crippen LogP contribution is -2.24. The van der Waals surface area contributed by atoms with Gasteiger partial charge in [-0.25, -0.2) is 4.98 Å². The predicted molar refractivity (Wildman–Crippen MR) is 61.4 cm³/mol. The van der Waals surface area contributed by atoms with E-state index < -0.39 is 5.60 Å². The maximum Gasteiger partial charge on any atom is 0.126 e. The average Bonchev–Trinajstić information content (AvgIpc) is 2.47. The molecule has 1 heterocycles. The van der Waals surface area contributed by atoms with Crippen molar-refractivity contribution in [1.82, 2.24) is 4.98 Å². The van der Waals surface area contributed by atoms with Crippen molar-refractivity contribution in [3.8, 4) is 0 Å². The molecule has 0 spiro atoms. The summed E-state index contributed by atoms with van der Waals surface area (Å²) in [7, 11) is 0. The highest BCUT2D eigenvalue weighted by Crippen LogP contribution is 2.37. The molecule has 1 saturated carbocycles. The van der Waals surface area contributed by atoms with Crippen LogP contribution in [0.25, 0.3) is 0 Å². The van der Waals surface area contributed by atoms with Crippen molar-refractivity contribution in [3.63, 3.8) is 0 Å². The summed E-state index contributed by atoms with van der Waals surface area (Å²) in [6.07, 6.45) is 6.46. The van der Waals surface area contributed by atoms with Crippen LogP contribution in [0, 0.1) is 0 Å². The molecule has 1 aliphatic carbocycles. The largest absolute Gasteiger partial charge is 0.383 e. The van der Waals surface area contributed by atoms with E-state index in [4.69, 9.17) is 0 Å². The molecule has 1 fully saturated rings. The zero-order valence-corrected chi connectivity index (χ0v) is 10.4. The third-order valence-electron chi connectivity index (χ3n) is 2.80. The van der Waals surface area contributed by atoms with Crippen LogP contribution < -0.4 is 0 Å². The van der Waals surface area contributed by atoms with Crippen molar-refractivity contribution in [3.05, 3.63) is 15.0 Å². The highest BCUT2D eigenvalue weighted by Gasteiger charge is 2.32. The van der Waals surface area contributed by atoms with Crippen molar-refractivity contribution in [2.24, 2.45) is 0 Å². The van der Waals surface area contributed by atoms with Gasteiger partial charge in [0.25, 0.3) is 0 Å². The zero-order valence-electron chi connectivity index (χ0n) is 8.00. The Morgan fingerprint density at radius 3 is 2.43 bits per heavy atom. The van der Waals surface area contributed by atoms with Gasteiger partial charge < -0.3 is 5.11 Å². The van der Waals surface area contributed by atoms with Crippen LogP contribution in [0.3, 0.4) is 0 Å². The average molecular weight is 276 g/mol. The second-order valence-corrected chi connectivity index (χ2v) is 5.59. The van der Waals surface area contributed by atoms with E-state index in [-0.39, 0.29) is 0 Å². The molecule has 0 amide bonds. The molecule has 2 nitrogen and oxygen atoms in total. The molecule has 0 aliphatic heterocycles. The van der Waals surface area contributed by atoms with Gasteiger partial charge in [0.1, 0.15) is 15.2 Å². The van der Waals surface area contributed by atoms with Crippen LogP contribution in [0.2, 0.25) is 0 Å². The van der Waals surface area contributed by atoms with E-state index in [1.807, 2.05) is 5.38 Å². The minimum Gasteiger partial charge on any atom is -0.383 e. The van der Waals surface area contributed by atoms with Gasteiger partial charge in [-0.3, -0.25) is 0 Å². The first kappa shape index (κ1) is 10.6. The van der Waals surface area contributed by atoms with Crippen LogP contribution in [-0.4, -0.2) is 10.1 Å². The van der Waals surface area contributed by atoms with Gasteiger partial charge in [-0.15, -0.1) is 11.3 Å². The van der Waals surface area contributed by atoms with Crippen molar-refractivity contribution < 1.29 is 5.11 Å². The SMILES string of the molecule is OC1(c2nc(Br)cs2)CCCCCC1. The summed E-state index contributed by atoms with van der Waals surface area (Å²) in [5.41, 5.74) is -0.646. The van der Waals surface area contributed by atoms with E-state index in [9.17, 15) is 5.11 Å². The standard InChI is InChI=1S/C10H14BrNOS/c11-8-7-14-9(12-8)10(13)5-3-1-2-4-6-10/h7,13H,1-6H2. The van der Waals surface area contributed by atoms with Crippen LogP contribution in [-0.2, 0) is 5.60 Å². The smallest absolute Gasteiger partial charge is 0.126 e. The van der Waals surface area contributed by atoms with E-state index in [1.54, 1.807) is 11.3 Å². The Balaban J connectivity index is 2.20. The van der Waals surface area contributed by atoms with Gasteiger partial charge in [0.15, 0.2) is 0 Å². The van der Waals surface area contributed by atoms with Crippen LogP contribution in [0.15, 0.2) is 9.98 Å². The van der Waals surface area contributed by atoms with E-state index in [1.165, 1.54) is 12.8 Å². The number of hydrogen-bond acceptors (Lipinski definition) is 3. The van der Waals surface area contributed by atoms with Crippen LogP contribution in [0.5, 0.6) is 0 Å². The van der Waals surface area contributed by atoms with E-state index in [2.05, 4.69) is 20.9 Å². The first-order valence-electron chi connectivity index (χ1n) is 5.05. The molecule has 1 aromatic heterocycles. The molecular weight excluding hydrogens is 262 g/mol. The Labute approximate surface area is 96.5 Å². The van der Waals surface area contributed by atoms with Crippen molar-refractivity contribution in [1.29, 1.82) is 0 Å². The summed E-state index contributed by atoms with van der Waals surface area (Å²) >= 11 is 4.89. The molecule has 0 unspecified atom stereocenters. The molecule has 1 aromatic rings. The molecule has 1 N–H and O–H groups in total. The first-order valence-corrected chi connectivity index (χ1v) is 6.72. The number of thiazole rings is 1. The van der Waals surface area contributed by atoms with Gasteiger partial charge in [-0.2, -0.15) is 0 Å². The second kappa shape index (κ2) is 4.29. The molecule has 14 heavy (non-hydrogen) atoms. The third kappa shape index (κ3) is 2.18. The van der Waals surface area contributed by atoms with Gasteiger partial charge in [0.05, 0.1) is 0 Å². The van der Waals surface area contributed by atoms with Crippen molar-refractivity contribution >= 4 is 27.3 Å². The summed E-state index contributed by atoms with van der Waals surface area (Å²) in [5.74, 6) is 0. The summed E-state index contributed by atoms with van der Waals surface area (Å²) in [6, 6.07) is 0. The molecule has 0 bridgehead atoms. The van der Waals surface area contributed by atoms with Crippen molar-refractivity contribution in [2.75, 3.05) is 0 Å². The quantitative estimate of drug-likeness (QED) is 0.797. The van der Waals surface area contributed by atoms with Crippen molar-refractivity contribution in [2.45, 2.75) is 44.1 Å². The fourth-order valence-corrected chi connectivity index (χ4v) is 3.41. The minimum absolute atomic E-state index is 0.646. The van der Waals surface area contributed by atoms with E-state index >= 15 is 0 Å². The molecule has 1 aliphatic rings. The van der Waals surface area contributed by atoms with Crippen LogP contribution in [0.4, 0.5) is 0 Å². The highest BCUT2D eigenvalue weighted by atomic mass is 79.9. The fourth-order valence-electron chi connectivity index (χ4n) is 2.00. The van der Waals surface area contributed by atoms with Gasteiger partial charge in [-0.1, -0.05) is 25.7 Å². The fraction of sp³-hybridized carbons (Fsp3) is 0.700. The third-order valence-corrected chi connectivity index (χ3v) is 4.55. The molecule has 0 aromatic carbocycles. The summed E-state index contributed by atoms with van der Waals surface area (Å²) in [4.78, 5) is 4.33. The van der Waals surface area contributed by atoms with Gasteiger partial charge in [0.2, 0.25) is 0 Å². The molecule has 0 radical (unpaired) electrons. The maximum atomic E-state index is 10.5. The Kier molecular flexibility index (Phi) is 3.24. The Morgan fingerprint density at radius 2 is 1.93 bits per heavy atom. The Bertz CT molecular complexity index is 305. The molecule has 4 heteroatoms. The van der Waals surface area contributed by atoms with E-state index in [0.29, 0.717) is 0 Å². The number of hydrogen-bond donors (Lipinski definition) is 1. The van der Waals surface area contributed by atoms with Crippen LogP contribution in [0.1, 0.15) is 43.5 Å². The number of aromatic nitrogens is 1. The number of nitrogens with zero attached hydrogens (tertiary/aromatic N) is 1. The molecule has 2 rings (SSSR count). The number of halogens is 1. The Hall–Kier alpha value is 0.0700.